The van der Waals surface area contributed by atoms with Crippen molar-refractivity contribution in [3.8, 4) is 0 Å². The fourth-order valence-electron chi connectivity index (χ4n) is 2.10. The molecule has 1 atom stereocenters. The monoisotopic (exact) mass is 235 g/mol. The molecule has 1 saturated heterocycles. The number of hydrogen-bond donors (Lipinski definition) is 3. The predicted molar refractivity (Wildman–Crippen MR) is 67.3 cm³/mol. The van der Waals surface area contributed by atoms with Crippen molar-refractivity contribution < 1.29 is 9.90 Å². The number of aromatic carboxylic acids is 1. The Labute approximate surface area is 100 Å². The second kappa shape index (κ2) is 4.63. The number of nitrogens with one attached hydrogen (secondary N) is 1. The normalized spacial score (nSPS) is 20.4. The number of benzene rings is 1. The van der Waals surface area contributed by atoms with Gasteiger partial charge in [-0.15, -0.1) is 0 Å². The third-order valence-corrected chi connectivity index (χ3v) is 3.05. The van der Waals surface area contributed by atoms with Crippen LogP contribution in [-0.4, -0.2) is 42.2 Å². The fraction of sp³-hybridized carbons (Fsp3) is 0.417. The number of likely N-dealkylation sites (tertiary alicyclic amines) is 1. The minimum absolute atomic E-state index is 0.219. The lowest BCUT2D eigenvalue weighted by molar-refractivity contribution is 0.0697. The van der Waals surface area contributed by atoms with Crippen LogP contribution in [0.25, 0.3) is 0 Å². The van der Waals surface area contributed by atoms with Gasteiger partial charge in [-0.3, -0.25) is 0 Å². The van der Waals surface area contributed by atoms with Crippen molar-refractivity contribution in [1.82, 2.24) is 4.90 Å². The molecule has 1 aliphatic heterocycles. The Morgan fingerprint density at radius 3 is 2.88 bits per heavy atom. The van der Waals surface area contributed by atoms with Crippen molar-refractivity contribution in [2.75, 3.05) is 31.2 Å². The van der Waals surface area contributed by atoms with Crippen LogP contribution >= 0.6 is 0 Å². The van der Waals surface area contributed by atoms with Crippen molar-refractivity contribution in [3.05, 3.63) is 23.8 Å². The van der Waals surface area contributed by atoms with E-state index in [1.807, 2.05) is 0 Å². The molecule has 5 nitrogen and oxygen atoms in total. The van der Waals surface area contributed by atoms with Crippen molar-refractivity contribution >= 4 is 17.3 Å². The Kier molecular flexibility index (Phi) is 3.19. The second-order valence-electron chi connectivity index (χ2n) is 4.50. The highest BCUT2D eigenvalue weighted by molar-refractivity contribution is 5.90. The highest BCUT2D eigenvalue weighted by Crippen LogP contribution is 2.22. The van der Waals surface area contributed by atoms with Crippen molar-refractivity contribution in [1.29, 1.82) is 0 Å². The van der Waals surface area contributed by atoms with Gasteiger partial charge in [-0.2, -0.15) is 0 Å². The maximum atomic E-state index is 10.8. The number of nitrogens with two attached hydrogens (primary N) is 1. The molecule has 5 heteroatoms. The molecule has 4 N–H and O–H groups in total. The van der Waals surface area contributed by atoms with Crippen molar-refractivity contribution in [3.63, 3.8) is 0 Å². The zero-order valence-corrected chi connectivity index (χ0v) is 9.81. The molecule has 0 saturated carbocycles. The summed E-state index contributed by atoms with van der Waals surface area (Å²) in [5.41, 5.74) is 7.35. The molecular weight excluding hydrogens is 218 g/mol. The minimum Gasteiger partial charge on any atom is -0.478 e. The Balaban J connectivity index is 2.09. The number of anilines is 2. The zero-order valence-electron chi connectivity index (χ0n) is 9.81. The molecule has 0 aromatic heterocycles. The Bertz CT molecular complexity index is 434. The smallest absolute Gasteiger partial charge is 0.335 e. The molecule has 92 valence electrons. The highest BCUT2D eigenvalue weighted by atomic mass is 16.4. The van der Waals surface area contributed by atoms with Crippen LogP contribution in [0, 0.1) is 0 Å². The first-order valence-corrected chi connectivity index (χ1v) is 5.64. The van der Waals surface area contributed by atoms with Gasteiger partial charge >= 0.3 is 5.97 Å². The van der Waals surface area contributed by atoms with E-state index in [1.54, 1.807) is 12.1 Å². The SMILES string of the molecule is CN1CCC(Nc2ccc(C(=O)O)cc2N)C1. The van der Waals surface area contributed by atoms with Gasteiger partial charge in [-0.05, 0) is 38.2 Å². The number of carboxylic acid groups (broad SMARTS) is 1. The summed E-state index contributed by atoms with van der Waals surface area (Å²) in [5, 5.41) is 12.2. The summed E-state index contributed by atoms with van der Waals surface area (Å²) in [7, 11) is 2.08. The summed E-state index contributed by atoms with van der Waals surface area (Å²) in [6.45, 7) is 2.06. The highest BCUT2D eigenvalue weighted by Gasteiger charge is 2.19. The maximum absolute atomic E-state index is 10.8. The van der Waals surface area contributed by atoms with Crippen LogP contribution in [0.3, 0.4) is 0 Å². The van der Waals surface area contributed by atoms with Crippen LogP contribution in [0.2, 0.25) is 0 Å². The predicted octanol–water partition coefficient (Wildman–Crippen LogP) is 1.08. The van der Waals surface area contributed by atoms with E-state index in [-0.39, 0.29) is 5.56 Å². The minimum atomic E-state index is -0.955. The average Bonchev–Trinajstić information content (AvgIpc) is 2.67. The van der Waals surface area contributed by atoms with Gasteiger partial charge in [-0.1, -0.05) is 0 Å². The number of hydrogen-bond acceptors (Lipinski definition) is 4. The molecule has 1 unspecified atom stereocenters. The van der Waals surface area contributed by atoms with E-state index < -0.39 is 5.97 Å². The third-order valence-electron chi connectivity index (χ3n) is 3.05. The third kappa shape index (κ3) is 2.68. The van der Waals surface area contributed by atoms with Crippen LogP contribution in [-0.2, 0) is 0 Å². The number of rotatable bonds is 3. The first-order chi connectivity index (χ1) is 8.06. The largest absolute Gasteiger partial charge is 0.478 e. The molecule has 1 heterocycles. The molecule has 0 radical (unpaired) electrons. The molecule has 0 spiro atoms. The van der Waals surface area contributed by atoms with E-state index >= 15 is 0 Å². The lowest BCUT2D eigenvalue weighted by atomic mass is 10.1. The van der Waals surface area contributed by atoms with Crippen LogP contribution in [0.15, 0.2) is 18.2 Å². The van der Waals surface area contributed by atoms with Crippen LogP contribution in [0.5, 0.6) is 0 Å². The molecule has 1 aromatic carbocycles. The summed E-state index contributed by atoms with van der Waals surface area (Å²) in [6, 6.07) is 5.18. The van der Waals surface area contributed by atoms with Crippen LogP contribution in [0.4, 0.5) is 11.4 Å². The first kappa shape index (κ1) is 11.7. The van der Waals surface area contributed by atoms with Gasteiger partial charge in [0.2, 0.25) is 0 Å². The topological polar surface area (TPSA) is 78.6 Å². The van der Waals surface area contributed by atoms with E-state index in [2.05, 4.69) is 17.3 Å². The number of likely N-dealkylation sites (N-methyl/N-ethyl adjacent to an activating group) is 1. The Morgan fingerprint density at radius 1 is 1.59 bits per heavy atom. The maximum Gasteiger partial charge on any atom is 0.335 e. The van der Waals surface area contributed by atoms with E-state index in [1.165, 1.54) is 6.07 Å². The number of carbonyl (C=O) groups is 1. The van der Waals surface area contributed by atoms with E-state index in [0.29, 0.717) is 11.7 Å². The first-order valence-electron chi connectivity index (χ1n) is 5.64. The molecule has 17 heavy (non-hydrogen) atoms. The van der Waals surface area contributed by atoms with Crippen molar-refractivity contribution in [2.24, 2.45) is 0 Å². The summed E-state index contributed by atoms with van der Waals surface area (Å²) in [5.74, 6) is -0.955. The van der Waals surface area contributed by atoms with Gasteiger partial charge in [0.1, 0.15) is 0 Å². The molecule has 1 aromatic rings. The Morgan fingerprint density at radius 2 is 2.35 bits per heavy atom. The van der Waals surface area contributed by atoms with Crippen molar-refractivity contribution in [2.45, 2.75) is 12.5 Å². The van der Waals surface area contributed by atoms with Gasteiger partial charge in [0.05, 0.1) is 16.9 Å². The van der Waals surface area contributed by atoms with E-state index in [0.717, 1.165) is 25.2 Å². The number of nitrogens with zero attached hydrogens (tertiary/aromatic N) is 1. The summed E-state index contributed by atoms with van der Waals surface area (Å²) < 4.78 is 0. The molecular formula is C12H17N3O2. The van der Waals surface area contributed by atoms with E-state index in [9.17, 15) is 4.79 Å². The lowest BCUT2D eigenvalue weighted by Crippen LogP contribution is -2.24. The van der Waals surface area contributed by atoms with Gasteiger partial charge in [0, 0.05) is 12.6 Å². The average molecular weight is 235 g/mol. The molecule has 0 amide bonds. The summed E-state index contributed by atoms with van der Waals surface area (Å²) in [4.78, 5) is 13.0. The molecule has 1 aliphatic rings. The zero-order chi connectivity index (χ0) is 12.4. The van der Waals surface area contributed by atoms with Crippen LogP contribution in [0.1, 0.15) is 16.8 Å². The molecule has 0 bridgehead atoms. The molecule has 0 aliphatic carbocycles. The second-order valence-corrected chi connectivity index (χ2v) is 4.50. The van der Waals surface area contributed by atoms with Gasteiger partial charge in [-0.25, -0.2) is 4.79 Å². The van der Waals surface area contributed by atoms with Gasteiger partial charge < -0.3 is 21.1 Å². The number of carboxylic acids is 1. The standard InChI is InChI=1S/C12H17N3O2/c1-15-5-4-9(7-15)14-11-3-2-8(12(16)17)6-10(11)13/h2-3,6,9,14H,4-5,7,13H2,1H3,(H,16,17). The van der Waals surface area contributed by atoms with Crippen LogP contribution < -0.4 is 11.1 Å². The van der Waals surface area contributed by atoms with Gasteiger partial charge in [0.15, 0.2) is 0 Å². The molecule has 2 rings (SSSR count). The molecule has 1 fully saturated rings. The fourth-order valence-corrected chi connectivity index (χ4v) is 2.10. The van der Waals surface area contributed by atoms with Gasteiger partial charge in [0.25, 0.3) is 0 Å². The van der Waals surface area contributed by atoms with E-state index in [4.69, 9.17) is 10.8 Å². The summed E-state index contributed by atoms with van der Waals surface area (Å²) >= 11 is 0. The lowest BCUT2D eigenvalue weighted by Gasteiger charge is -2.16. The Hall–Kier alpha value is -1.75. The summed E-state index contributed by atoms with van der Waals surface area (Å²) in [6.07, 6.45) is 1.08. The quantitative estimate of drug-likeness (QED) is 0.683. The number of nitrogen functional groups attached to an aromatic ring is 1.